The maximum Gasteiger partial charge on any atom is 0.191 e. The summed E-state index contributed by atoms with van der Waals surface area (Å²) in [6.45, 7) is 1.79. The van der Waals surface area contributed by atoms with Gasteiger partial charge >= 0.3 is 0 Å². The molecule has 2 aromatic rings. The molecule has 0 fully saturated rings. The highest BCUT2D eigenvalue weighted by Gasteiger charge is 2.01. The van der Waals surface area contributed by atoms with Gasteiger partial charge in [0.05, 0.1) is 6.26 Å². The van der Waals surface area contributed by atoms with Gasteiger partial charge in [0.2, 0.25) is 0 Å². The largest absolute Gasteiger partial charge is 0.463 e. The van der Waals surface area contributed by atoms with Gasteiger partial charge in [0, 0.05) is 5.69 Å². The maximum atomic E-state index is 13.0. The van der Waals surface area contributed by atoms with Crippen LogP contribution >= 0.6 is 12.2 Å². The quantitative estimate of drug-likeness (QED) is 0.514. The molecule has 0 saturated carbocycles. The van der Waals surface area contributed by atoms with Crippen molar-refractivity contribution in [3.8, 4) is 0 Å². The van der Waals surface area contributed by atoms with Gasteiger partial charge in [0.15, 0.2) is 5.11 Å². The van der Waals surface area contributed by atoms with E-state index in [9.17, 15) is 4.39 Å². The third kappa shape index (κ3) is 3.89. The summed E-state index contributed by atoms with van der Waals surface area (Å²) in [5, 5.41) is 7.16. The molecule has 0 radical (unpaired) electrons. The number of benzene rings is 1. The van der Waals surface area contributed by atoms with E-state index in [1.165, 1.54) is 12.1 Å². The molecule has 0 amide bonds. The average Bonchev–Trinajstić information content (AvgIpc) is 2.90. The number of nitrogens with one attached hydrogen (secondary N) is 2. The summed E-state index contributed by atoms with van der Waals surface area (Å²) < 4.78 is 18.2. The topological polar surface area (TPSA) is 49.6 Å². The Morgan fingerprint density at radius 2 is 2.16 bits per heavy atom. The van der Waals surface area contributed by atoms with E-state index in [1.807, 2.05) is 0 Å². The van der Waals surface area contributed by atoms with Gasteiger partial charge in [-0.05, 0) is 49.5 Å². The second-order valence-electron chi connectivity index (χ2n) is 3.75. The summed E-state index contributed by atoms with van der Waals surface area (Å²) in [6.07, 6.45) is 1.57. The average molecular weight is 277 g/mol. The van der Waals surface area contributed by atoms with Gasteiger partial charge in [-0.25, -0.2) is 4.39 Å². The molecule has 19 heavy (non-hydrogen) atoms. The van der Waals surface area contributed by atoms with Crippen molar-refractivity contribution in [2.24, 2.45) is 5.10 Å². The molecule has 1 aromatic heterocycles. The second kappa shape index (κ2) is 6.10. The highest BCUT2D eigenvalue weighted by molar-refractivity contribution is 7.80. The Balaban J connectivity index is 1.93. The van der Waals surface area contributed by atoms with Gasteiger partial charge in [0.1, 0.15) is 17.3 Å². The Morgan fingerprint density at radius 1 is 1.32 bits per heavy atom. The first kappa shape index (κ1) is 13.2. The molecule has 4 nitrogen and oxygen atoms in total. The summed E-state index contributed by atoms with van der Waals surface area (Å²) in [5.74, 6) is 0.323. The zero-order valence-corrected chi connectivity index (χ0v) is 11.0. The number of thiocarbonyl (C=S) groups is 1. The van der Waals surface area contributed by atoms with E-state index in [-0.39, 0.29) is 10.9 Å². The van der Waals surface area contributed by atoms with E-state index < -0.39 is 0 Å². The number of hydrogen-bond donors (Lipinski definition) is 2. The van der Waals surface area contributed by atoms with Crippen LogP contribution in [0.2, 0.25) is 0 Å². The molecular weight excluding hydrogens is 265 g/mol. The van der Waals surface area contributed by atoms with Crippen LogP contribution in [0.25, 0.3) is 0 Å². The molecule has 0 saturated heterocycles. The van der Waals surface area contributed by atoms with Crippen molar-refractivity contribution in [2.75, 3.05) is 5.32 Å². The van der Waals surface area contributed by atoms with E-state index in [1.54, 1.807) is 37.5 Å². The molecule has 0 aliphatic heterocycles. The Kier molecular flexibility index (Phi) is 4.25. The van der Waals surface area contributed by atoms with Gasteiger partial charge < -0.3 is 9.73 Å². The van der Waals surface area contributed by atoms with E-state index >= 15 is 0 Å². The van der Waals surface area contributed by atoms with Gasteiger partial charge in [-0.2, -0.15) is 5.10 Å². The van der Waals surface area contributed by atoms with Crippen LogP contribution in [0.1, 0.15) is 12.7 Å². The number of nitrogens with zero attached hydrogens (tertiary/aromatic N) is 1. The summed E-state index contributed by atoms with van der Waals surface area (Å²) >= 11 is 5.04. The summed E-state index contributed by atoms with van der Waals surface area (Å²) in [5.41, 5.74) is 3.88. The van der Waals surface area contributed by atoms with Crippen LogP contribution in [-0.2, 0) is 0 Å². The zero-order valence-electron chi connectivity index (χ0n) is 10.2. The highest BCUT2D eigenvalue weighted by Crippen LogP contribution is 2.08. The van der Waals surface area contributed by atoms with Gasteiger partial charge in [-0.15, -0.1) is 0 Å². The molecule has 0 aliphatic carbocycles. The molecule has 2 rings (SSSR count). The van der Waals surface area contributed by atoms with Crippen molar-refractivity contribution in [1.82, 2.24) is 5.43 Å². The fourth-order valence-electron chi connectivity index (χ4n) is 1.40. The lowest BCUT2D eigenvalue weighted by Gasteiger charge is -2.07. The maximum absolute atomic E-state index is 13.0. The minimum Gasteiger partial charge on any atom is -0.463 e. The predicted octanol–water partition coefficient (Wildman–Crippen LogP) is 3.13. The standard InChI is InChI=1S/C13H12FN3OS/c1-9(12-6-3-7-18-12)16-17-13(19)15-11-5-2-4-10(14)8-11/h2-8H,1H3,(H2,15,17,19)/b16-9-. The third-order valence-corrected chi connectivity index (χ3v) is 2.48. The Morgan fingerprint density at radius 3 is 2.84 bits per heavy atom. The monoisotopic (exact) mass is 277 g/mol. The molecule has 0 aliphatic rings. The first-order valence-electron chi connectivity index (χ1n) is 5.56. The number of hydrazone groups is 1. The van der Waals surface area contributed by atoms with Crippen LogP contribution < -0.4 is 10.7 Å². The summed E-state index contributed by atoms with van der Waals surface area (Å²) in [6, 6.07) is 9.58. The summed E-state index contributed by atoms with van der Waals surface area (Å²) in [7, 11) is 0. The van der Waals surface area contributed by atoms with Gasteiger partial charge in [0.25, 0.3) is 0 Å². The lowest BCUT2D eigenvalue weighted by molar-refractivity contribution is 0.556. The first-order chi connectivity index (χ1) is 9.15. The molecule has 6 heteroatoms. The molecule has 0 spiro atoms. The van der Waals surface area contributed by atoms with E-state index in [0.717, 1.165) is 0 Å². The SMILES string of the molecule is C/C(=N/NC(=S)Nc1cccc(F)c1)c1ccco1. The van der Waals surface area contributed by atoms with Crippen LogP contribution in [0.4, 0.5) is 10.1 Å². The smallest absolute Gasteiger partial charge is 0.191 e. The Bertz CT molecular complexity index is 596. The fraction of sp³-hybridized carbons (Fsp3) is 0.0769. The van der Waals surface area contributed by atoms with Crippen LogP contribution in [0, 0.1) is 5.82 Å². The number of furan rings is 1. The molecular formula is C13H12FN3OS. The molecule has 98 valence electrons. The highest BCUT2D eigenvalue weighted by atomic mass is 32.1. The number of rotatable bonds is 3. The first-order valence-corrected chi connectivity index (χ1v) is 5.97. The number of hydrogen-bond acceptors (Lipinski definition) is 3. The van der Waals surface area contributed by atoms with Crippen molar-refractivity contribution in [3.05, 3.63) is 54.2 Å². The van der Waals surface area contributed by atoms with Crippen molar-refractivity contribution in [3.63, 3.8) is 0 Å². The van der Waals surface area contributed by atoms with Crippen LogP contribution in [0.3, 0.4) is 0 Å². The van der Waals surface area contributed by atoms with E-state index in [0.29, 0.717) is 17.2 Å². The van der Waals surface area contributed by atoms with Gasteiger partial charge in [-0.1, -0.05) is 6.07 Å². The van der Waals surface area contributed by atoms with Crippen molar-refractivity contribution >= 4 is 28.7 Å². The molecule has 1 aromatic carbocycles. The van der Waals surface area contributed by atoms with Crippen LogP contribution in [0.5, 0.6) is 0 Å². The fourth-order valence-corrected chi connectivity index (χ4v) is 1.56. The van der Waals surface area contributed by atoms with Crippen molar-refractivity contribution in [2.45, 2.75) is 6.92 Å². The predicted molar refractivity (Wildman–Crippen MR) is 76.7 cm³/mol. The molecule has 0 unspecified atom stereocenters. The normalized spacial score (nSPS) is 11.2. The van der Waals surface area contributed by atoms with Crippen LogP contribution in [0.15, 0.2) is 52.2 Å². The third-order valence-electron chi connectivity index (χ3n) is 2.29. The van der Waals surface area contributed by atoms with Gasteiger partial charge in [-0.3, -0.25) is 5.43 Å². The van der Waals surface area contributed by atoms with Crippen molar-refractivity contribution in [1.29, 1.82) is 0 Å². The summed E-state index contributed by atoms with van der Waals surface area (Å²) in [4.78, 5) is 0. The zero-order chi connectivity index (χ0) is 13.7. The molecule has 1 heterocycles. The minimum absolute atomic E-state index is 0.275. The lowest BCUT2D eigenvalue weighted by atomic mass is 10.3. The second-order valence-corrected chi connectivity index (χ2v) is 4.16. The number of anilines is 1. The van der Waals surface area contributed by atoms with E-state index in [4.69, 9.17) is 16.6 Å². The molecule has 0 bridgehead atoms. The van der Waals surface area contributed by atoms with Crippen LogP contribution in [-0.4, -0.2) is 10.8 Å². The Hall–Kier alpha value is -2.21. The molecule has 2 N–H and O–H groups in total. The van der Waals surface area contributed by atoms with Crippen molar-refractivity contribution < 1.29 is 8.81 Å². The van der Waals surface area contributed by atoms with E-state index in [2.05, 4.69) is 15.8 Å². The number of halogens is 1. The Labute approximate surface area is 115 Å². The minimum atomic E-state index is -0.330. The lowest BCUT2D eigenvalue weighted by Crippen LogP contribution is -2.24. The molecule has 0 atom stereocenters.